The van der Waals surface area contributed by atoms with E-state index in [1.165, 1.54) is 0 Å². The molecule has 2 aromatic carbocycles. The molecule has 2 aromatic rings. The SMILES string of the molecule is COc1ccccc1CC(=O)Nc1ccc2c(c1)NC(=O)CCO2. The van der Waals surface area contributed by atoms with Crippen molar-refractivity contribution in [1.29, 1.82) is 0 Å². The molecule has 1 aliphatic heterocycles. The molecule has 1 heterocycles. The van der Waals surface area contributed by atoms with E-state index < -0.39 is 0 Å². The van der Waals surface area contributed by atoms with Crippen LogP contribution in [0.1, 0.15) is 12.0 Å². The van der Waals surface area contributed by atoms with Crippen molar-refractivity contribution in [3.8, 4) is 11.5 Å². The number of methoxy groups -OCH3 is 1. The molecule has 0 bridgehead atoms. The molecule has 124 valence electrons. The van der Waals surface area contributed by atoms with Gasteiger partial charge in [-0.2, -0.15) is 0 Å². The molecule has 0 aromatic heterocycles. The summed E-state index contributed by atoms with van der Waals surface area (Å²) >= 11 is 0. The van der Waals surface area contributed by atoms with Gasteiger partial charge in [-0.3, -0.25) is 9.59 Å². The fourth-order valence-electron chi connectivity index (χ4n) is 2.52. The molecule has 24 heavy (non-hydrogen) atoms. The summed E-state index contributed by atoms with van der Waals surface area (Å²) in [6, 6.07) is 12.6. The van der Waals surface area contributed by atoms with Crippen molar-refractivity contribution < 1.29 is 19.1 Å². The van der Waals surface area contributed by atoms with Crippen LogP contribution >= 0.6 is 0 Å². The Bertz CT molecular complexity index is 773. The predicted octanol–water partition coefficient (Wildman–Crippen LogP) is 2.60. The van der Waals surface area contributed by atoms with E-state index in [-0.39, 0.29) is 18.2 Å². The summed E-state index contributed by atoms with van der Waals surface area (Å²) in [6.45, 7) is 0.346. The first-order valence-corrected chi connectivity index (χ1v) is 7.64. The zero-order valence-electron chi connectivity index (χ0n) is 13.3. The monoisotopic (exact) mass is 326 g/mol. The minimum atomic E-state index is -0.166. The minimum Gasteiger partial charge on any atom is -0.496 e. The van der Waals surface area contributed by atoms with Gasteiger partial charge >= 0.3 is 0 Å². The fraction of sp³-hybridized carbons (Fsp3) is 0.222. The van der Waals surface area contributed by atoms with Crippen molar-refractivity contribution in [2.24, 2.45) is 0 Å². The second-order valence-electron chi connectivity index (χ2n) is 5.39. The molecule has 6 nitrogen and oxygen atoms in total. The van der Waals surface area contributed by atoms with Crippen LogP contribution in [0.15, 0.2) is 42.5 Å². The van der Waals surface area contributed by atoms with Gasteiger partial charge in [0.25, 0.3) is 0 Å². The molecule has 0 unspecified atom stereocenters. The topological polar surface area (TPSA) is 76.7 Å². The van der Waals surface area contributed by atoms with E-state index >= 15 is 0 Å². The van der Waals surface area contributed by atoms with E-state index in [9.17, 15) is 9.59 Å². The number of carbonyl (C=O) groups excluding carboxylic acids is 2. The number of para-hydroxylation sites is 1. The Labute approximate surface area is 139 Å². The van der Waals surface area contributed by atoms with Gasteiger partial charge in [-0.05, 0) is 24.3 Å². The van der Waals surface area contributed by atoms with Gasteiger partial charge in [-0.1, -0.05) is 18.2 Å². The number of hydrogen-bond donors (Lipinski definition) is 2. The van der Waals surface area contributed by atoms with Gasteiger partial charge in [0.15, 0.2) is 0 Å². The highest BCUT2D eigenvalue weighted by Crippen LogP contribution is 2.30. The zero-order chi connectivity index (χ0) is 16.9. The molecule has 0 radical (unpaired) electrons. The number of ether oxygens (including phenoxy) is 2. The molecular weight excluding hydrogens is 308 g/mol. The third-order valence-electron chi connectivity index (χ3n) is 3.67. The number of rotatable bonds is 4. The lowest BCUT2D eigenvalue weighted by atomic mass is 10.1. The number of benzene rings is 2. The third kappa shape index (κ3) is 3.65. The van der Waals surface area contributed by atoms with E-state index in [0.717, 1.165) is 5.56 Å². The Morgan fingerprint density at radius 2 is 2.12 bits per heavy atom. The highest BCUT2D eigenvalue weighted by Gasteiger charge is 2.15. The third-order valence-corrected chi connectivity index (χ3v) is 3.67. The number of fused-ring (bicyclic) bond motifs is 1. The maximum atomic E-state index is 12.3. The molecule has 2 N–H and O–H groups in total. The summed E-state index contributed by atoms with van der Waals surface area (Å²) in [4.78, 5) is 23.9. The first-order chi connectivity index (χ1) is 11.7. The van der Waals surface area contributed by atoms with Crippen molar-refractivity contribution in [3.05, 3.63) is 48.0 Å². The predicted molar refractivity (Wildman–Crippen MR) is 90.5 cm³/mol. The van der Waals surface area contributed by atoms with Crippen LogP contribution in [0.2, 0.25) is 0 Å². The van der Waals surface area contributed by atoms with Gasteiger partial charge in [-0.25, -0.2) is 0 Å². The molecule has 6 heteroatoms. The summed E-state index contributed by atoms with van der Waals surface area (Å²) in [6.07, 6.45) is 0.508. The van der Waals surface area contributed by atoms with Crippen LogP contribution in [0.3, 0.4) is 0 Å². The highest BCUT2D eigenvalue weighted by atomic mass is 16.5. The summed E-state index contributed by atoms with van der Waals surface area (Å²) in [5.41, 5.74) is 1.97. The number of nitrogens with one attached hydrogen (secondary N) is 2. The average molecular weight is 326 g/mol. The van der Waals surface area contributed by atoms with Gasteiger partial charge < -0.3 is 20.1 Å². The smallest absolute Gasteiger partial charge is 0.228 e. The van der Waals surface area contributed by atoms with Gasteiger partial charge in [0.1, 0.15) is 11.5 Å². The molecule has 0 spiro atoms. The van der Waals surface area contributed by atoms with Crippen LogP contribution in [-0.2, 0) is 16.0 Å². The highest BCUT2D eigenvalue weighted by molar-refractivity contribution is 5.96. The van der Waals surface area contributed by atoms with E-state index in [4.69, 9.17) is 9.47 Å². The number of carbonyl (C=O) groups is 2. The second-order valence-corrected chi connectivity index (χ2v) is 5.39. The number of anilines is 2. The fourth-order valence-corrected chi connectivity index (χ4v) is 2.52. The van der Waals surface area contributed by atoms with Crippen molar-refractivity contribution in [1.82, 2.24) is 0 Å². The zero-order valence-corrected chi connectivity index (χ0v) is 13.3. The first kappa shape index (κ1) is 15.9. The van der Waals surface area contributed by atoms with Gasteiger partial charge in [0.05, 0.1) is 32.2 Å². The Hall–Kier alpha value is -3.02. The van der Waals surface area contributed by atoms with E-state index in [1.807, 2.05) is 24.3 Å². The van der Waals surface area contributed by atoms with Crippen LogP contribution in [0.25, 0.3) is 0 Å². The standard InChI is InChI=1S/C18H18N2O4/c1-23-15-5-3-2-4-12(15)10-18(22)19-13-6-7-16-14(11-13)20-17(21)8-9-24-16/h2-7,11H,8-10H2,1H3,(H,19,22)(H,20,21). The number of hydrogen-bond acceptors (Lipinski definition) is 4. The Morgan fingerprint density at radius 3 is 2.96 bits per heavy atom. The maximum Gasteiger partial charge on any atom is 0.228 e. The Kier molecular flexibility index (Phi) is 4.65. The van der Waals surface area contributed by atoms with Crippen LogP contribution in [-0.4, -0.2) is 25.5 Å². The molecular formula is C18H18N2O4. The average Bonchev–Trinajstić information content (AvgIpc) is 2.75. The molecule has 0 atom stereocenters. The van der Waals surface area contributed by atoms with Crippen LogP contribution in [0.5, 0.6) is 11.5 Å². The molecule has 0 saturated carbocycles. The van der Waals surface area contributed by atoms with Gasteiger partial charge in [0.2, 0.25) is 11.8 Å². The maximum absolute atomic E-state index is 12.3. The molecule has 2 amide bonds. The molecule has 3 rings (SSSR count). The lowest BCUT2D eigenvalue weighted by Crippen LogP contribution is -2.15. The molecule has 0 aliphatic carbocycles. The summed E-state index contributed by atoms with van der Waals surface area (Å²) < 4.78 is 10.7. The van der Waals surface area contributed by atoms with Crippen molar-refractivity contribution in [3.63, 3.8) is 0 Å². The minimum absolute atomic E-state index is 0.105. The van der Waals surface area contributed by atoms with Crippen LogP contribution in [0.4, 0.5) is 11.4 Å². The van der Waals surface area contributed by atoms with Gasteiger partial charge in [-0.15, -0.1) is 0 Å². The lowest BCUT2D eigenvalue weighted by molar-refractivity contribution is -0.116. The Morgan fingerprint density at radius 1 is 1.29 bits per heavy atom. The second kappa shape index (κ2) is 7.04. The van der Waals surface area contributed by atoms with E-state index in [0.29, 0.717) is 35.9 Å². The van der Waals surface area contributed by atoms with Crippen molar-refractivity contribution in [2.45, 2.75) is 12.8 Å². The lowest BCUT2D eigenvalue weighted by Gasteiger charge is -2.11. The molecule has 1 aliphatic rings. The van der Waals surface area contributed by atoms with Crippen LogP contribution < -0.4 is 20.1 Å². The summed E-state index contributed by atoms with van der Waals surface area (Å²) in [5, 5.41) is 5.59. The van der Waals surface area contributed by atoms with E-state index in [1.54, 1.807) is 25.3 Å². The largest absolute Gasteiger partial charge is 0.496 e. The van der Waals surface area contributed by atoms with Crippen molar-refractivity contribution >= 4 is 23.2 Å². The summed E-state index contributed by atoms with van der Waals surface area (Å²) in [5.74, 6) is 1.00. The van der Waals surface area contributed by atoms with Crippen molar-refractivity contribution in [2.75, 3.05) is 24.4 Å². The normalized spacial score (nSPS) is 13.1. The van der Waals surface area contributed by atoms with E-state index in [2.05, 4.69) is 10.6 Å². The summed E-state index contributed by atoms with van der Waals surface area (Å²) in [7, 11) is 1.58. The Balaban J connectivity index is 1.72. The number of amides is 2. The van der Waals surface area contributed by atoms with Crippen LogP contribution in [0, 0.1) is 0 Å². The quantitative estimate of drug-likeness (QED) is 0.905. The molecule has 0 fully saturated rings. The molecule has 0 saturated heterocycles. The van der Waals surface area contributed by atoms with Gasteiger partial charge in [0, 0.05) is 11.3 Å². The first-order valence-electron chi connectivity index (χ1n) is 7.64.